The van der Waals surface area contributed by atoms with Crippen LogP contribution in [0.3, 0.4) is 0 Å². The van der Waals surface area contributed by atoms with Crippen molar-refractivity contribution in [3.05, 3.63) is 0 Å². The molecule has 0 radical (unpaired) electrons. The Balaban J connectivity index is -0.0000000257. The third-order valence-electron chi connectivity index (χ3n) is 0. The van der Waals surface area contributed by atoms with Gasteiger partial charge in [-0.15, -0.1) is 0 Å². The first-order valence-electron chi connectivity index (χ1n) is 2.45. The average Bonchev–Trinajstić information content (AvgIpc) is 1.76. The van der Waals surface area contributed by atoms with Crippen LogP contribution in [-0.2, 0) is 0 Å². The summed E-state index contributed by atoms with van der Waals surface area (Å²) in [6.45, 7) is 0. The van der Waals surface area contributed by atoms with E-state index in [2.05, 4.69) is 0 Å². The van der Waals surface area contributed by atoms with Gasteiger partial charge in [-0.2, -0.15) is 0 Å². The fraction of sp³-hybridized carbons (Fsp3) is 0. The fourth-order valence-corrected chi connectivity index (χ4v) is 0. The predicted octanol–water partition coefficient (Wildman–Crippen LogP) is -10.2. The Kier molecular flexibility index (Phi) is 59.9. The van der Waals surface area contributed by atoms with Crippen LogP contribution in [0.1, 0.15) is 0 Å². The van der Waals surface area contributed by atoms with Gasteiger partial charge < -0.3 is 60.0 Å². The smallest absolute Gasteiger partial charge is 0.652 e. The minimum absolute atomic E-state index is 0. The third kappa shape index (κ3) is 8620. The van der Waals surface area contributed by atoms with Crippen LogP contribution in [0.25, 0.3) is 0 Å². The molecular weight excluding hydrogens is 518 g/mol. The molecule has 0 aromatic heterocycles. The Bertz CT molecular complexity index is 164. The van der Waals surface area contributed by atoms with Gasteiger partial charge in [-0.25, -0.2) is 0 Å². The molecule has 0 saturated carbocycles. The van der Waals surface area contributed by atoms with Gasteiger partial charge in [0.2, 0.25) is 0 Å². The van der Waals surface area contributed by atoms with E-state index in [1.54, 1.807) is 0 Å². The van der Waals surface area contributed by atoms with E-state index >= 15 is 0 Å². The first kappa shape index (κ1) is 36.0. The first-order chi connectivity index (χ1) is 6.93. The molecule has 0 heterocycles. The van der Waals surface area contributed by atoms with E-state index in [-0.39, 0.29) is 68.9 Å². The molecule has 0 fully saturated rings. The molecule has 14 heteroatoms. The van der Waals surface area contributed by atoms with Crippen molar-refractivity contribution in [1.82, 2.24) is 0 Å². The zero-order valence-electron chi connectivity index (χ0n) is 8.11. The number of carbonyl (C=O) groups is 4. The van der Waals surface area contributed by atoms with Crippen molar-refractivity contribution < 1.29 is 91.1 Å². The summed E-state index contributed by atoms with van der Waals surface area (Å²) in [5.41, 5.74) is 0. The molecule has 0 N–H and O–H groups in total. The molecule has 0 aromatic carbocycles. The first-order valence-corrected chi connectivity index (χ1v) is 2.45. The van der Waals surface area contributed by atoms with E-state index in [9.17, 15) is 0 Å². The van der Waals surface area contributed by atoms with Crippen molar-refractivity contribution in [2.45, 2.75) is 0 Å². The van der Waals surface area contributed by atoms with E-state index < -0.39 is 24.6 Å². The predicted molar refractivity (Wildman–Crippen MR) is 27.3 cm³/mol. The Hall–Kier alpha value is -0.608. The van der Waals surface area contributed by atoms with Gasteiger partial charge in [-0.05, 0) is 24.6 Å². The molecule has 0 bridgehead atoms. The van der Waals surface area contributed by atoms with E-state index in [0.717, 1.165) is 0 Å². The number of hydrogen-bond donors (Lipinski definition) is 0. The van der Waals surface area contributed by atoms with Crippen LogP contribution in [0.2, 0.25) is 0 Å². The van der Waals surface area contributed by atoms with Crippen molar-refractivity contribution in [3.8, 4) is 0 Å². The third-order valence-corrected chi connectivity index (χ3v) is 0. The van der Waals surface area contributed by atoms with Gasteiger partial charge in [0.1, 0.15) is 0 Å². The van der Waals surface area contributed by atoms with Crippen LogP contribution >= 0.6 is 0 Å². The summed E-state index contributed by atoms with van der Waals surface area (Å²) in [4.78, 5) is 33.3. The maximum absolute atomic E-state index is 8.33. The van der Waals surface area contributed by atoms with Crippen molar-refractivity contribution in [3.63, 3.8) is 0 Å². The largest absolute Gasteiger partial charge is 6.00 e. The summed E-state index contributed by atoms with van der Waals surface area (Å²) in [6.07, 6.45) is -9.33. The minimum atomic E-state index is -2.33. The Morgan fingerprint density at radius 3 is 0.444 bits per heavy atom. The normalized spacial score (nSPS) is 5.33. The van der Waals surface area contributed by atoms with Gasteiger partial charge in [0.15, 0.2) is 0 Å². The van der Waals surface area contributed by atoms with Crippen LogP contribution in [-0.4, -0.2) is 62.4 Å². The second kappa shape index (κ2) is 29.9. The fourth-order valence-electron chi connectivity index (χ4n) is 0. The second-order valence-electron chi connectivity index (χ2n) is 1.00. The molecule has 0 rings (SSSR count). The number of carboxylic acid groups (broad SMARTS) is 8. The maximum Gasteiger partial charge on any atom is 6.00 e. The molecule has 0 unspecified atom stereocenters. The van der Waals surface area contributed by atoms with Crippen LogP contribution in [0.4, 0.5) is 19.2 Å². The summed E-state index contributed by atoms with van der Waals surface area (Å²) in [5.74, 6) is 0. The van der Waals surface area contributed by atoms with Crippen LogP contribution in [0.5, 0.6) is 0 Å². The number of rotatable bonds is 0. The maximum atomic E-state index is 8.33. The molecule has 0 aliphatic heterocycles. The zero-order valence-corrected chi connectivity index (χ0v) is 14.5. The molecule has 0 aliphatic carbocycles. The van der Waals surface area contributed by atoms with E-state index in [1.807, 2.05) is 0 Å². The van der Waals surface area contributed by atoms with Crippen molar-refractivity contribution in [1.29, 1.82) is 0 Å². The van der Waals surface area contributed by atoms with Crippen molar-refractivity contribution >= 4 is 62.4 Å². The number of hydrogen-bond acceptors (Lipinski definition) is 12. The summed E-state index contributed by atoms with van der Waals surface area (Å²) < 4.78 is 0. The monoisotopic (exact) mass is 518 g/mol. The molecule has 12 nitrogen and oxygen atoms in total. The van der Waals surface area contributed by atoms with Gasteiger partial charge >= 0.3 is 68.9 Å². The Morgan fingerprint density at radius 2 is 0.444 bits per heavy atom. The SMILES string of the molecule is O=C([O-])[O-].O=C([O-])[O-].O=C([O-])[O-].O=C([O-])[O-].[Ca+2].[U+6]. The summed E-state index contributed by atoms with van der Waals surface area (Å²) in [5, 5.41) is 66.7. The van der Waals surface area contributed by atoms with Gasteiger partial charge in [0.05, 0.1) is 0 Å². The number of carbonyl (C=O) groups excluding carboxylic acids is 4. The standard InChI is InChI=1S/4CH2O3.Ca.U/c4*2-1(3)4;;/h4*(H2,2,3,4);;/q;;;;+2;+6/p-8. The molecule has 0 spiro atoms. The zero-order chi connectivity index (χ0) is 14.3. The molecule has 0 saturated heterocycles. The van der Waals surface area contributed by atoms with Crippen LogP contribution in [0.15, 0.2) is 0 Å². The Morgan fingerprint density at radius 1 is 0.444 bits per heavy atom. The Labute approximate surface area is 152 Å². The molecule has 18 heavy (non-hydrogen) atoms. The molecule has 0 amide bonds. The quantitative estimate of drug-likeness (QED) is 0.271. The molecule has 94 valence electrons. The van der Waals surface area contributed by atoms with Gasteiger partial charge in [0, 0.05) is 0 Å². The van der Waals surface area contributed by atoms with Crippen molar-refractivity contribution in [2.24, 2.45) is 0 Å². The van der Waals surface area contributed by atoms with E-state index in [4.69, 9.17) is 60.0 Å². The summed E-state index contributed by atoms with van der Waals surface area (Å²) in [6, 6.07) is 0. The molecule has 0 aliphatic rings. The van der Waals surface area contributed by atoms with Gasteiger partial charge in [0.25, 0.3) is 0 Å². The van der Waals surface area contributed by atoms with E-state index in [1.165, 1.54) is 0 Å². The van der Waals surface area contributed by atoms with E-state index in [0.29, 0.717) is 0 Å². The summed E-state index contributed by atoms with van der Waals surface area (Å²) >= 11 is 0. The van der Waals surface area contributed by atoms with Crippen LogP contribution in [0, 0.1) is 31.1 Å². The van der Waals surface area contributed by atoms with Gasteiger partial charge in [-0.1, -0.05) is 0 Å². The topological polar surface area (TPSA) is 253 Å². The van der Waals surface area contributed by atoms with Gasteiger partial charge in [-0.3, -0.25) is 0 Å². The van der Waals surface area contributed by atoms with Crippen molar-refractivity contribution in [2.75, 3.05) is 0 Å². The average molecular weight is 518 g/mol. The second-order valence-corrected chi connectivity index (χ2v) is 1.00. The summed E-state index contributed by atoms with van der Waals surface area (Å²) in [7, 11) is 0. The minimum Gasteiger partial charge on any atom is -0.652 e. The molecule has 0 atom stereocenters. The molecule has 0 aromatic rings. The van der Waals surface area contributed by atoms with Crippen LogP contribution < -0.4 is 40.9 Å². The molecular formula is C4CaO12U.